The molecule has 0 radical (unpaired) electrons. The Bertz CT molecular complexity index is 404. The van der Waals surface area contributed by atoms with Crippen LogP contribution in [0.2, 0.25) is 0 Å². The second-order valence-corrected chi connectivity index (χ2v) is 4.53. The van der Waals surface area contributed by atoms with Crippen LogP contribution in [0, 0.1) is 0 Å². The number of anilines is 1. The zero-order valence-electron chi connectivity index (χ0n) is 11.3. The maximum atomic E-state index is 5.97. The number of nitrogens with zero attached hydrogens (tertiary/aromatic N) is 3. The molecule has 0 aliphatic carbocycles. The molecule has 2 N–H and O–H groups in total. The van der Waals surface area contributed by atoms with Crippen molar-refractivity contribution in [3.63, 3.8) is 0 Å². The standard InChI is InChI=1S/C13H22N4O/c1-3-17(4-2)7-5-12-15-11-6-8-18-9-10(11)13(14)16-12/h3-9H2,1-2H3,(H2,14,15,16). The number of likely N-dealkylation sites (N-methyl/N-ethyl adjacent to an activating group) is 1. The SMILES string of the molecule is CCN(CC)CCc1nc(N)c2c(n1)CCOC2. The largest absolute Gasteiger partial charge is 0.383 e. The molecule has 0 unspecified atom stereocenters. The summed E-state index contributed by atoms with van der Waals surface area (Å²) in [6.07, 6.45) is 1.71. The highest BCUT2D eigenvalue weighted by molar-refractivity contribution is 5.42. The quantitative estimate of drug-likeness (QED) is 0.845. The van der Waals surface area contributed by atoms with Crippen molar-refractivity contribution in [3.05, 3.63) is 17.1 Å². The van der Waals surface area contributed by atoms with E-state index < -0.39 is 0 Å². The van der Waals surface area contributed by atoms with Gasteiger partial charge in [0.05, 0.1) is 18.9 Å². The Morgan fingerprint density at radius 2 is 2.06 bits per heavy atom. The third-order valence-corrected chi connectivity index (χ3v) is 3.45. The van der Waals surface area contributed by atoms with E-state index in [1.165, 1.54) is 0 Å². The first-order valence-corrected chi connectivity index (χ1v) is 6.68. The number of hydrogen-bond donors (Lipinski definition) is 1. The molecule has 0 fully saturated rings. The van der Waals surface area contributed by atoms with Gasteiger partial charge in [0.15, 0.2) is 0 Å². The van der Waals surface area contributed by atoms with E-state index in [9.17, 15) is 0 Å². The van der Waals surface area contributed by atoms with Crippen molar-refractivity contribution in [2.45, 2.75) is 33.3 Å². The summed E-state index contributed by atoms with van der Waals surface area (Å²) in [5.74, 6) is 1.45. The maximum absolute atomic E-state index is 5.97. The molecular weight excluding hydrogens is 228 g/mol. The lowest BCUT2D eigenvalue weighted by atomic mass is 10.1. The van der Waals surface area contributed by atoms with Crippen molar-refractivity contribution in [2.24, 2.45) is 0 Å². The summed E-state index contributed by atoms with van der Waals surface area (Å²) in [7, 11) is 0. The molecule has 1 aliphatic heterocycles. The van der Waals surface area contributed by atoms with Crippen LogP contribution in [0.25, 0.3) is 0 Å². The molecule has 0 saturated heterocycles. The molecule has 0 aromatic carbocycles. The Labute approximate surface area is 108 Å². The molecule has 0 atom stereocenters. The second kappa shape index (κ2) is 6.11. The van der Waals surface area contributed by atoms with Gasteiger partial charge in [-0.3, -0.25) is 0 Å². The van der Waals surface area contributed by atoms with E-state index in [0.29, 0.717) is 12.4 Å². The Kier molecular flexibility index (Phi) is 4.49. The van der Waals surface area contributed by atoms with Gasteiger partial charge < -0.3 is 15.4 Å². The van der Waals surface area contributed by atoms with Crippen LogP contribution < -0.4 is 5.73 Å². The predicted molar refractivity (Wildman–Crippen MR) is 71.3 cm³/mol. The number of aromatic nitrogens is 2. The van der Waals surface area contributed by atoms with E-state index in [-0.39, 0.29) is 0 Å². The van der Waals surface area contributed by atoms with Gasteiger partial charge in [0.25, 0.3) is 0 Å². The van der Waals surface area contributed by atoms with Crippen molar-refractivity contribution in [2.75, 3.05) is 32.0 Å². The van der Waals surface area contributed by atoms with Gasteiger partial charge >= 0.3 is 0 Å². The second-order valence-electron chi connectivity index (χ2n) is 4.53. The number of ether oxygens (including phenoxy) is 1. The van der Waals surface area contributed by atoms with E-state index in [2.05, 4.69) is 28.7 Å². The van der Waals surface area contributed by atoms with E-state index >= 15 is 0 Å². The summed E-state index contributed by atoms with van der Waals surface area (Å²) in [4.78, 5) is 11.4. The number of hydrogen-bond acceptors (Lipinski definition) is 5. The summed E-state index contributed by atoms with van der Waals surface area (Å²) < 4.78 is 5.38. The van der Waals surface area contributed by atoms with E-state index in [0.717, 1.165) is 56.2 Å². The lowest BCUT2D eigenvalue weighted by Gasteiger charge is -2.20. The summed E-state index contributed by atoms with van der Waals surface area (Å²) in [5, 5.41) is 0. The van der Waals surface area contributed by atoms with E-state index in [4.69, 9.17) is 10.5 Å². The number of nitrogens with two attached hydrogens (primary N) is 1. The Morgan fingerprint density at radius 3 is 2.78 bits per heavy atom. The van der Waals surface area contributed by atoms with Crippen LogP contribution in [-0.2, 0) is 24.2 Å². The molecule has 100 valence electrons. The highest BCUT2D eigenvalue weighted by Crippen LogP contribution is 2.19. The lowest BCUT2D eigenvalue weighted by Crippen LogP contribution is -2.26. The van der Waals surface area contributed by atoms with Gasteiger partial charge in [-0.2, -0.15) is 0 Å². The van der Waals surface area contributed by atoms with Crippen LogP contribution in [0.3, 0.4) is 0 Å². The van der Waals surface area contributed by atoms with Crippen molar-refractivity contribution in [3.8, 4) is 0 Å². The van der Waals surface area contributed by atoms with Gasteiger partial charge in [-0.1, -0.05) is 13.8 Å². The molecule has 0 spiro atoms. The summed E-state index contributed by atoms with van der Waals surface area (Å²) >= 11 is 0. The van der Waals surface area contributed by atoms with E-state index in [1.807, 2.05) is 0 Å². The van der Waals surface area contributed by atoms with Crippen LogP contribution in [0.4, 0.5) is 5.82 Å². The van der Waals surface area contributed by atoms with Crippen molar-refractivity contribution >= 4 is 5.82 Å². The molecule has 1 aliphatic rings. The van der Waals surface area contributed by atoms with Crippen molar-refractivity contribution in [1.82, 2.24) is 14.9 Å². The Morgan fingerprint density at radius 1 is 1.28 bits per heavy atom. The summed E-state index contributed by atoms with van der Waals surface area (Å²) in [6.45, 7) is 8.74. The van der Waals surface area contributed by atoms with Gasteiger partial charge in [0.2, 0.25) is 0 Å². The van der Waals surface area contributed by atoms with Crippen LogP contribution in [0.5, 0.6) is 0 Å². The molecule has 5 heteroatoms. The third-order valence-electron chi connectivity index (χ3n) is 3.45. The minimum atomic E-state index is 0.553. The molecule has 2 rings (SSSR count). The predicted octanol–water partition coefficient (Wildman–Crippen LogP) is 1.02. The molecule has 0 saturated carbocycles. The first-order valence-electron chi connectivity index (χ1n) is 6.68. The first-order chi connectivity index (χ1) is 8.74. The topological polar surface area (TPSA) is 64.3 Å². The van der Waals surface area contributed by atoms with Crippen LogP contribution in [0.1, 0.15) is 30.9 Å². The monoisotopic (exact) mass is 250 g/mol. The molecule has 1 aromatic heterocycles. The van der Waals surface area contributed by atoms with Gasteiger partial charge in [0.1, 0.15) is 11.6 Å². The van der Waals surface area contributed by atoms with Crippen LogP contribution >= 0.6 is 0 Å². The summed E-state index contributed by atoms with van der Waals surface area (Å²) in [5.41, 5.74) is 8.02. The van der Waals surface area contributed by atoms with Gasteiger partial charge in [-0.25, -0.2) is 9.97 Å². The Hall–Kier alpha value is -1.20. The number of nitrogen functional groups attached to an aromatic ring is 1. The molecule has 5 nitrogen and oxygen atoms in total. The molecular formula is C13H22N4O. The van der Waals surface area contributed by atoms with Crippen LogP contribution in [-0.4, -0.2) is 41.1 Å². The fourth-order valence-corrected chi connectivity index (χ4v) is 2.22. The molecule has 0 amide bonds. The minimum Gasteiger partial charge on any atom is -0.383 e. The highest BCUT2D eigenvalue weighted by atomic mass is 16.5. The van der Waals surface area contributed by atoms with Gasteiger partial charge in [-0.05, 0) is 13.1 Å². The van der Waals surface area contributed by atoms with Crippen molar-refractivity contribution in [1.29, 1.82) is 0 Å². The lowest BCUT2D eigenvalue weighted by molar-refractivity contribution is 0.109. The van der Waals surface area contributed by atoms with Gasteiger partial charge in [0, 0.05) is 24.9 Å². The normalized spacial score (nSPS) is 14.8. The van der Waals surface area contributed by atoms with Crippen LogP contribution in [0.15, 0.2) is 0 Å². The molecule has 18 heavy (non-hydrogen) atoms. The smallest absolute Gasteiger partial charge is 0.132 e. The fourth-order valence-electron chi connectivity index (χ4n) is 2.22. The molecule has 1 aromatic rings. The number of fused-ring (bicyclic) bond motifs is 1. The highest BCUT2D eigenvalue weighted by Gasteiger charge is 2.16. The minimum absolute atomic E-state index is 0.553. The zero-order chi connectivity index (χ0) is 13.0. The van der Waals surface area contributed by atoms with E-state index in [1.54, 1.807) is 0 Å². The van der Waals surface area contributed by atoms with Crippen molar-refractivity contribution < 1.29 is 4.74 Å². The fraction of sp³-hybridized carbons (Fsp3) is 0.692. The average Bonchev–Trinajstić information content (AvgIpc) is 2.40. The number of rotatable bonds is 5. The maximum Gasteiger partial charge on any atom is 0.132 e. The average molecular weight is 250 g/mol. The zero-order valence-corrected chi connectivity index (χ0v) is 11.3. The Balaban J connectivity index is 2.07. The van der Waals surface area contributed by atoms with Gasteiger partial charge in [-0.15, -0.1) is 0 Å². The third kappa shape index (κ3) is 2.97. The summed E-state index contributed by atoms with van der Waals surface area (Å²) in [6, 6.07) is 0. The molecule has 2 heterocycles. The first kappa shape index (κ1) is 13.2. The molecule has 0 bridgehead atoms.